The molecule has 0 bridgehead atoms. The highest BCUT2D eigenvalue weighted by Gasteiger charge is 2.24. The first-order valence-electron chi connectivity index (χ1n) is 7.04. The minimum absolute atomic E-state index is 0.231. The van der Waals surface area contributed by atoms with Crippen LogP contribution in [0.15, 0.2) is 52.4 Å². The Labute approximate surface area is 145 Å². The second-order valence-electron chi connectivity index (χ2n) is 5.01. The molecule has 2 aromatic rings. The average molecular weight is 358 g/mol. The van der Waals surface area contributed by atoms with Crippen LogP contribution in [0.25, 0.3) is 6.08 Å². The molecule has 1 fully saturated rings. The third-order valence-electron chi connectivity index (χ3n) is 3.28. The van der Waals surface area contributed by atoms with Crippen LogP contribution in [0.1, 0.15) is 15.9 Å². The van der Waals surface area contributed by atoms with Gasteiger partial charge in [0.05, 0.1) is 10.6 Å². The third kappa shape index (κ3) is 3.69. The van der Waals surface area contributed by atoms with E-state index in [9.17, 15) is 19.1 Å². The zero-order valence-corrected chi connectivity index (χ0v) is 13.4. The highest BCUT2D eigenvalue weighted by Crippen LogP contribution is 2.30. The highest BCUT2D eigenvalue weighted by molar-refractivity contribution is 8.18. The van der Waals surface area contributed by atoms with Crippen molar-refractivity contribution in [2.45, 2.75) is 0 Å². The van der Waals surface area contributed by atoms with Crippen LogP contribution in [0.2, 0.25) is 0 Å². The number of aromatic hydroxyl groups is 1. The van der Waals surface area contributed by atoms with Gasteiger partial charge in [0.25, 0.3) is 5.91 Å². The summed E-state index contributed by atoms with van der Waals surface area (Å²) in [6.45, 7) is 0. The molecular weight excluding hydrogens is 347 g/mol. The SMILES string of the molecule is O=C1NC(=Nc2ccc(O)c(C(=O)O)c2)S/C1=C\c1ccccc1F. The number of amides is 1. The molecule has 0 radical (unpaired) electrons. The first-order valence-corrected chi connectivity index (χ1v) is 7.86. The molecule has 6 nitrogen and oxygen atoms in total. The second-order valence-corrected chi connectivity index (χ2v) is 6.04. The van der Waals surface area contributed by atoms with Crippen molar-refractivity contribution in [1.82, 2.24) is 5.32 Å². The number of carbonyl (C=O) groups excluding carboxylic acids is 1. The number of benzene rings is 2. The molecule has 1 aliphatic heterocycles. The molecule has 3 rings (SSSR count). The van der Waals surface area contributed by atoms with E-state index in [1.54, 1.807) is 18.2 Å². The Morgan fingerprint density at radius 3 is 2.72 bits per heavy atom. The van der Waals surface area contributed by atoms with Crippen LogP contribution in [0, 0.1) is 5.82 Å². The molecule has 8 heteroatoms. The fraction of sp³-hybridized carbons (Fsp3) is 0. The predicted molar refractivity (Wildman–Crippen MR) is 92.3 cm³/mol. The molecule has 126 valence electrons. The van der Waals surface area contributed by atoms with Crippen molar-refractivity contribution in [1.29, 1.82) is 0 Å². The Morgan fingerprint density at radius 1 is 1.24 bits per heavy atom. The lowest BCUT2D eigenvalue weighted by atomic mass is 10.2. The zero-order valence-electron chi connectivity index (χ0n) is 12.6. The molecule has 1 aliphatic rings. The molecule has 3 N–H and O–H groups in total. The number of nitrogens with zero attached hydrogens (tertiary/aromatic N) is 1. The maximum atomic E-state index is 13.7. The lowest BCUT2D eigenvalue weighted by Gasteiger charge is -2.01. The predicted octanol–water partition coefficient (Wildman–Crippen LogP) is 3.12. The van der Waals surface area contributed by atoms with Crippen LogP contribution in [0.3, 0.4) is 0 Å². The van der Waals surface area contributed by atoms with Gasteiger partial charge in [0.1, 0.15) is 17.1 Å². The van der Waals surface area contributed by atoms with Crippen LogP contribution >= 0.6 is 11.8 Å². The molecule has 0 saturated carbocycles. The van der Waals surface area contributed by atoms with Gasteiger partial charge in [-0.3, -0.25) is 4.79 Å². The number of hydrogen-bond donors (Lipinski definition) is 3. The summed E-state index contributed by atoms with van der Waals surface area (Å²) < 4.78 is 13.7. The maximum absolute atomic E-state index is 13.7. The molecule has 0 atom stereocenters. The van der Waals surface area contributed by atoms with E-state index in [1.165, 1.54) is 30.3 Å². The molecule has 25 heavy (non-hydrogen) atoms. The first kappa shape index (κ1) is 16.7. The Kier molecular flexibility index (Phi) is 4.53. The van der Waals surface area contributed by atoms with Crippen molar-refractivity contribution in [2.24, 2.45) is 4.99 Å². The normalized spacial score (nSPS) is 17.1. The van der Waals surface area contributed by atoms with Crippen LogP contribution in [-0.4, -0.2) is 27.3 Å². The lowest BCUT2D eigenvalue weighted by Crippen LogP contribution is -2.19. The van der Waals surface area contributed by atoms with E-state index < -0.39 is 17.7 Å². The van der Waals surface area contributed by atoms with Gasteiger partial charge in [-0.15, -0.1) is 0 Å². The van der Waals surface area contributed by atoms with Crippen LogP contribution < -0.4 is 5.32 Å². The largest absolute Gasteiger partial charge is 0.507 e. The van der Waals surface area contributed by atoms with Crippen molar-refractivity contribution in [3.05, 3.63) is 64.3 Å². The summed E-state index contributed by atoms with van der Waals surface area (Å²) >= 11 is 1.01. The summed E-state index contributed by atoms with van der Waals surface area (Å²) in [6, 6.07) is 9.87. The van der Waals surface area contributed by atoms with E-state index in [0.717, 1.165) is 11.8 Å². The number of carboxylic acid groups (broad SMARTS) is 1. The average Bonchev–Trinajstić information content (AvgIpc) is 2.90. The minimum atomic E-state index is -1.29. The summed E-state index contributed by atoms with van der Waals surface area (Å²) in [5.41, 5.74) is 0.239. The summed E-state index contributed by atoms with van der Waals surface area (Å²) in [6.07, 6.45) is 1.41. The van der Waals surface area contributed by atoms with Crippen molar-refractivity contribution in [3.8, 4) is 5.75 Å². The van der Waals surface area contributed by atoms with E-state index in [1.807, 2.05) is 0 Å². The number of thioether (sulfide) groups is 1. The lowest BCUT2D eigenvalue weighted by molar-refractivity contribution is -0.115. The zero-order chi connectivity index (χ0) is 18.0. The monoisotopic (exact) mass is 358 g/mol. The quantitative estimate of drug-likeness (QED) is 0.732. The molecule has 2 aromatic carbocycles. The van der Waals surface area contributed by atoms with Gasteiger partial charge in [-0.25, -0.2) is 14.2 Å². The number of nitrogens with one attached hydrogen (secondary N) is 1. The smallest absolute Gasteiger partial charge is 0.339 e. The maximum Gasteiger partial charge on any atom is 0.339 e. The summed E-state index contributed by atoms with van der Waals surface area (Å²) in [4.78, 5) is 27.4. The van der Waals surface area contributed by atoms with Gasteiger partial charge in [0.2, 0.25) is 0 Å². The van der Waals surface area contributed by atoms with E-state index in [-0.39, 0.29) is 32.6 Å². The van der Waals surface area contributed by atoms with E-state index in [2.05, 4.69) is 10.3 Å². The van der Waals surface area contributed by atoms with Crippen molar-refractivity contribution < 1.29 is 24.2 Å². The van der Waals surface area contributed by atoms with Gasteiger partial charge < -0.3 is 15.5 Å². The summed E-state index contributed by atoms with van der Waals surface area (Å²) in [7, 11) is 0. The van der Waals surface area contributed by atoms with Crippen molar-refractivity contribution in [3.63, 3.8) is 0 Å². The van der Waals surface area contributed by atoms with E-state index >= 15 is 0 Å². The second kappa shape index (κ2) is 6.78. The van der Waals surface area contributed by atoms with E-state index in [4.69, 9.17) is 5.11 Å². The van der Waals surface area contributed by atoms with Crippen LogP contribution in [-0.2, 0) is 4.79 Å². The van der Waals surface area contributed by atoms with Crippen molar-refractivity contribution >= 4 is 40.6 Å². The number of carboxylic acids is 1. The first-order chi connectivity index (χ1) is 11.9. The topological polar surface area (TPSA) is 99.0 Å². The molecule has 1 heterocycles. The number of aromatic carboxylic acids is 1. The van der Waals surface area contributed by atoms with Gasteiger partial charge in [-0.1, -0.05) is 18.2 Å². The molecule has 0 spiro atoms. The molecule has 0 aliphatic carbocycles. The summed E-state index contributed by atoms with van der Waals surface area (Å²) in [5.74, 6) is -2.54. The molecule has 0 aromatic heterocycles. The molecule has 1 amide bonds. The minimum Gasteiger partial charge on any atom is -0.507 e. The number of aliphatic imine (C=N–C) groups is 1. The fourth-order valence-electron chi connectivity index (χ4n) is 2.10. The van der Waals surface area contributed by atoms with Gasteiger partial charge in [0, 0.05) is 5.56 Å². The number of rotatable bonds is 3. The summed E-state index contributed by atoms with van der Waals surface area (Å²) in [5, 5.41) is 21.2. The Bertz CT molecular complexity index is 940. The molecule has 1 saturated heterocycles. The molecular formula is C17H11FN2O4S. The number of phenols is 1. The van der Waals surface area contributed by atoms with E-state index in [0.29, 0.717) is 0 Å². The standard InChI is InChI=1S/C17H11FN2O4S/c18-12-4-2-1-3-9(12)7-14-15(22)20-17(25-14)19-10-5-6-13(21)11(8-10)16(23)24/h1-8,21H,(H,23,24)(H,19,20,22)/b14-7-. The number of amidine groups is 1. The van der Waals surface area contributed by atoms with Crippen LogP contribution in [0.5, 0.6) is 5.75 Å². The van der Waals surface area contributed by atoms with Gasteiger partial charge in [-0.2, -0.15) is 0 Å². The van der Waals surface area contributed by atoms with Gasteiger partial charge in [-0.05, 0) is 42.1 Å². The Hall–Kier alpha value is -3.13. The van der Waals surface area contributed by atoms with Gasteiger partial charge in [0.15, 0.2) is 5.17 Å². The Balaban J connectivity index is 1.88. The Morgan fingerprint density at radius 2 is 2.00 bits per heavy atom. The third-order valence-corrected chi connectivity index (χ3v) is 4.19. The van der Waals surface area contributed by atoms with Crippen LogP contribution in [0.4, 0.5) is 10.1 Å². The number of hydrogen-bond acceptors (Lipinski definition) is 5. The fourth-order valence-corrected chi connectivity index (χ4v) is 2.93. The van der Waals surface area contributed by atoms with Crippen molar-refractivity contribution in [2.75, 3.05) is 0 Å². The van der Waals surface area contributed by atoms with Gasteiger partial charge >= 0.3 is 5.97 Å². The molecule has 0 unspecified atom stereocenters. The number of carbonyl (C=O) groups is 2. The number of halogens is 1. The highest BCUT2D eigenvalue weighted by atomic mass is 32.2.